The van der Waals surface area contributed by atoms with E-state index in [9.17, 15) is 9.59 Å². The molecule has 0 radical (unpaired) electrons. The zero-order valence-corrected chi connectivity index (χ0v) is 18.8. The molecule has 1 aromatic heterocycles. The predicted molar refractivity (Wildman–Crippen MR) is 110 cm³/mol. The SMILES string of the molecule is CCOC(=O)CCC1CC(C)C(Cc2nc(C(C)(C)C(=O)OCC)n[nH]2)C(C)C1. The van der Waals surface area contributed by atoms with Crippen LogP contribution in [0, 0.1) is 23.7 Å². The number of aromatic nitrogens is 3. The number of hydrogen-bond acceptors (Lipinski definition) is 6. The Morgan fingerprint density at radius 1 is 1.10 bits per heavy atom. The molecule has 1 heterocycles. The summed E-state index contributed by atoms with van der Waals surface area (Å²) in [6.45, 7) is 12.6. The number of esters is 2. The minimum absolute atomic E-state index is 0.0895. The number of aromatic amines is 1. The van der Waals surface area contributed by atoms with Gasteiger partial charge in [0, 0.05) is 12.8 Å². The van der Waals surface area contributed by atoms with Crippen molar-refractivity contribution >= 4 is 11.9 Å². The van der Waals surface area contributed by atoms with Crippen LogP contribution in [0.1, 0.15) is 78.9 Å². The lowest BCUT2D eigenvalue weighted by Crippen LogP contribution is -2.33. The molecule has 2 rings (SSSR count). The molecule has 1 N–H and O–H groups in total. The van der Waals surface area contributed by atoms with E-state index in [0.29, 0.717) is 49.1 Å². The lowest BCUT2D eigenvalue weighted by atomic mass is 9.67. The molecule has 2 unspecified atom stereocenters. The molecule has 0 bridgehead atoms. The van der Waals surface area contributed by atoms with Crippen molar-refractivity contribution in [3.05, 3.63) is 11.6 Å². The molecule has 1 saturated carbocycles. The number of H-pyrrole nitrogens is 1. The molecule has 7 heteroatoms. The van der Waals surface area contributed by atoms with Crippen LogP contribution in [-0.4, -0.2) is 40.3 Å². The molecule has 1 fully saturated rings. The molecule has 29 heavy (non-hydrogen) atoms. The monoisotopic (exact) mass is 407 g/mol. The van der Waals surface area contributed by atoms with Gasteiger partial charge >= 0.3 is 11.9 Å². The van der Waals surface area contributed by atoms with Gasteiger partial charge in [-0.2, -0.15) is 5.10 Å². The Hall–Kier alpha value is -1.92. The zero-order chi connectivity index (χ0) is 21.6. The van der Waals surface area contributed by atoms with Crippen molar-refractivity contribution in [1.82, 2.24) is 15.2 Å². The van der Waals surface area contributed by atoms with Gasteiger partial charge in [-0.15, -0.1) is 0 Å². The Labute approximate surface area is 174 Å². The highest BCUT2D eigenvalue weighted by molar-refractivity contribution is 5.80. The second-order valence-corrected chi connectivity index (χ2v) is 8.95. The minimum atomic E-state index is -0.868. The normalized spacial score (nSPS) is 24.9. The van der Waals surface area contributed by atoms with Crippen LogP contribution in [0.2, 0.25) is 0 Å². The van der Waals surface area contributed by atoms with Gasteiger partial charge in [0.05, 0.1) is 13.2 Å². The van der Waals surface area contributed by atoms with Crippen LogP contribution in [0.4, 0.5) is 0 Å². The molecule has 0 aliphatic heterocycles. The largest absolute Gasteiger partial charge is 0.466 e. The molecule has 1 aliphatic carbocycles. The van der Waals surface area contributed by atoms with E-state index >= 15 is 0 Å². The van der Waals surface area contributed by atoms with Gasteiger partial charge in [0.25, 0.3) is 0 Å². The summed E-state index contributed by atoms with van der Waals surface area (Å²) in [7, 11) is 0. The first-order chi connectivity index (χ1) is 13.7. The third kappa shape index (κ3) is 6.03. The highest BCUT2D eigenvalue weighted by Crippen LogP contribution is 2.41. The second kappa shape index (κ2) is 10.2. The average Bonchev–Trinajstić information content (AvgIpc) is 3.13. The van der Waals surface area contributed by atoms with Crippen LogP contribution in [0.3, 0.4) is 0 Å². The fraction of sp³-hybridized carbons (Fsp3) is 0.818. The highest BCUT2D eigenvalue weighted by Gasteiger charge is 2.37. The van der Waals surface area contributed by atoms with E-state index < -0.39 is 5.41 Å². The number of carbonyl (C=O) groups excluding carboxylic acids is 2. The zero-order valence-electron chi connectivity index (χ0n) is 18.8. The molecule has 0 spiro atoms. The molecular formula is C22H37N3O4. The van der Waals surface area contributed by atoms with Crippen molar-refractivity contribution in [1.29, 1.82) is 0 Å². The topological polar surface area (TPSA) is 94.2 Å². The molecule has 164 valence electrons. The van der Waals surface area contributed by atoms with Crippen molar-refractivity contribution < 1.29 is 19.1 Å². The van der Waals surface area contributed by atoms with E-state index in [0.717, 1.165) is 31.5 Å². The molecule has 0 aromatic carbocycles. The van der Waals surface area contributed by atoms with Gasteiger partial charge in [0.1, 0.15) is 11.2 Å². The summed E-state index contributed by atoms with van der Waals surface area (Å²) in [5, 5.41) is 7.33. The lowest BCUT2D eigenvalue weighted by Gasteiger charge is -2.39. The Morgan fingerprint density at radius 2 is 1.72 bits per heavy atom. The lowest BCUT2D eigenvalue weighted by molar-refractivity contribution is -0.149. The summed E-state index contributed by atoms with van der Waals surface area (Å²) in [4.78, 5) is 28.5. The van der Waals surface area contributed by atoms with Gasteiger partial charge in [-0.3, -0.25) is 14.7 Å². The maximum absolute atomic E-state index is 12.2. The van der Waals surface area contributed by atoms with E-state index in [1.807, 2.05) is 6.92 Å². The first-order valence-electron chi connectivity index (χ1n) is 10.9. The maximum Gasteiger partial charge on any atom is 0.319 e. The van der Waals surface area contributed by atoms with Crippen molar-refractivity contribution in [2.45, 2.75) is 79.1 Å². The van der Waals surface area contributed by atoms with E-state index in [4.69, 9.17) is 9.47 Å². The Balaban J connectivity index is 1.95. The van der Waals surface area contributed by atoms with Crippen LogP contribution in [-0.2, 0) is 30.9 Å². The standard InChI is InChI=1S/C22H37N3O4/c1-7-28-19(26)10-9-16-11-14(3)17(15(4)12-16)13-18-23-20(25-24-18)22(5,6)21(27)29-8-2/h14-17H,7-13H2,1-6H3,(H,23,24,25). The molecule has 2 atom stereocenters. The number of rotatable bonds is 9. The molecule has 1 aromatic rings. The van der Waals surface area contributed by atoms with Crippen molar-refractivity contribution in [3.63, 3.8) is 0 Å². The van der Waals surface area contributed by atoms with E-state index in [1.54, 1.807) is 20.8 Å². The van der Waals surface area contributed by atoms with Gasteiger partial charge in [-0.1, -0.05) is 13.8 Å². The summed E-state index contributed by atoms with van der Waals surface area (Å²) in [6, 6.07) is 0. The Kier molecular flexibility index (Phi) is 8.23. The molecule has 0 saturated heterocycles. The van der Waals surface area contributed by atoms with Crippen molar-refractivity contribution in [2.75, 3.05) is 13.2 Å². The van der Waals surface area contributed by atoms with Gasteiger partial charge < -0.3 is 9.47 Å². The number of carbonyl (C=O) groups is 2. The van der Waals surface area contributed by atoms with Gasteiger partial charge in [-0.05, 0) is 70.6 Å². The second-order valence-electron chi connectivity index (χ2n) is 8.95. The number of ether oxygens (including phenoxy) is 2. The fourth-order valence-corrected chi connectivity index (χ4v) is 4.54. The summed E-state index contributed by atoms with van der Waals surface area (Å²) < 4.78 is 10.2. The van der Waals surface area contributed by atoms with Crippen LogP contribution in [0.5, 0.6) is 0 Å². The minimum Gasteiger partial charge on any atom is -0.466 e. The van der Waals surface area contributed by atoms with E-state index in [-0.39, 0.29) is 11.9 Å². The summed E-state index contributed by atoms with van der Waals surface area (Å²) in [5.41, 5.74) is -0.868. The van der Waals surface area contributed by atoms with Crippen molar-refractivity contribution in [2.24, 2.45) is 23.7 Å². The van der Waals surface area contributed by atoms with Crippen LogP contribution >= 0.6 is 0 Å². The predicted octanol–water partition coefficient (Wildman–Crippen LogP) is 3.83. The summed E-state index contributed by atoms with van der Waals surface area (Å²) in [5.74, 6) is 3.05. The van der Waals surface area contributed by atoms with Crippen LogP contribution in [0.25, 0.3) is 0 Å². The maximum atomic E-state index is 12.2. The smallest absolute Gasteiger partial charge is 0.319 e. The number of nitrogens with one attached hydrogen (secondary N) is 1. The first kappa shape index (κ1) is 23.4. The number of hydrogen-bond donors (Lipinski definition) is 1. The third-order valence-electron chi connectivity index (χ3n) is 6.24. The molecule has 1 aliphatic rings. The molecule has 7 nitrogen and oxygen atoms in total. The third-order valence-corrected chi connectivity index (χ3v) is 6.24. The van der Waals surface area contributed by atoms with E-state index in [2.05, 4.69) is 29.0 Å². The molecule has 0 amide bonds. The van der Waals surface area contributed by atoms with E-state index in [1.165, 1.54) is 0 Å². The average molecular weight is 408 g/mol. The molecular weight excluding hydrogens is 370 g/mol. The number of nitrogens with zero attached hydrogens (tertiary/aromatic N) is 2. The first-order valence-corrected chi connectivity index (χ1v) is 10.9. The highest BCUT2D eigenvalue weighted by atomic mass is 16.5. The van der Waals surface area contributed by atoms with Gasteiger partial charge in [0.2, 0.25) is 0 Å². The van der Waals surface area contributed by atoms with Gasteiger partial charge in [0.15, 0.2) is 5.82 Å². The van der Waals surface area contributed by atoms with Crippen LogP contribution in [0.15, 0.2) is 0 Å². The van der Waals surface area contributed by atoms with Crippen LogP contribution < -0.4 is 0 Å². The quantitative estimate of drug-likeness (QED) is 0.625. The Morgan fingerprint density at radius 3 is 2.31 bits per heavy atom. The van der Waals surface area contributed by atoms with Crippen molar-refractivity contribution in [3.8, 4) is 0 Å². The summed E-state index contributed by atoms with van der Waals surface area (Å²) in [6.07, 6.45) is 4.46. The Bertz CT molecular complexity index is 673. The van der Waals surface area contributed by atoms with Gasteiger partial charge in [-0.25, -0.2) is 4.98 Å². The fourth-order valence-electron chi connectivity index (χ4n) is 4.54. The summed E-state index contributed by atoms with van der Waals surface area (Å²) >= 11 is 0.